The van der Waals surface area contributed by atoms with Crippen LogP contribution in [0.5, 0.6) is 0 Å². The first-order valence-corrected chi connectivity index (χ1v) is 10.9. The highest BCUT2D eigenvalue weighted by Crippen LogP contribution is 2.35. The van der Waals surface area contributed by atoms with Gasteiger partial charge in [0.2, 0.25) is 5.91 Å². The molecule has 2 aliphatic carbocycles. The van der Waals surface area contributed by atoms with Gasteiger partial charge in [-0.2, -0.15) is 0 Å². The van der Waals surface area contributed by atoms with E-state index >= 15 is 0 Å². The molecule has 0 spiro atoms. The molecule has 1 unspecified atom stereocenters. The molecule has 0 bridgehead atoms. The van der Waals surface area contributed by atoms with Gasteiger partial charge in [-0.15, -0.1) is 12.4 Å². The quantitative estimate of drug-likeness (QED) is 0.692. The second-order valence-electron chi connectivity index (χ2n) is 9.12. The number of carbonyl (C=O) groups is 2. The van der Waals surface area contributed by atoms with Crippen molar-refractivity contribution in [3.63, 3.8) is 0 Å². The summed E-state index contributed by atoms with van der Waals surface area (Å²) in [6, 6.07) is 1.26. The maximum absolute atomic E-state index is 13.1. The Bertz CT molecular complexity index is 521. The zero-order valence-corrected chi connectivity index (χ0v) is 18.3. The first-order chi connectivity index (χ1) is 12.9. The monoisotopic (exact) mass is 415 g/mol. The van der Waals surface area contributed by atoms with Crippen LogP contribution < -0.4 is 0 Å². The summed E-state index contributed by atoms with van der Waals surface area (Å²) < 4.78 is 0. The number of likely N-dealkylation sites (tertiary alicyclic amines) is 1. The molecule has 0 radical (unpaired) electrons. The lowest BCUT2D eigenvalue weighted by Gasteiger charge is -2.37. The zero-order valence-electron chi connectivity index (χ0n) is 17.5. The van der Waals surface area contributed by atoms with Gasteiger partial charge in [-0.1, -0.05) is 6.92 Å². The molecular formula is C21H38ClN3O3. The number of hydrogen-bond acceptors (Lipinski definition) is 4. The summed E-state index contributed by atoms with van der Waals surface area (Å²) in [5.41, 5.74) is 0. The van der Waals surface area contributed by atoms with Gasteiger partial charge in [0.1, 0.15) is 0 Å². The summed E-state index contributed by atoms with van der Waals surface area (Å²) >= 11 is 0. The van der Waals surface area contributed by atoms with Crippen LogP contribution in [0.4, 0.5) is 0 Å². The predicted molar refractivity (Wildman–Crippen MR) is 113 cm³/mol. The molecule has 1 atom stereocenters. The molecule has 3 fully saturated rings. The minimum atomic E-state index is -0.768. The highest BCUT2D eigenvalue weighted by atomic mass is 35.5. The topological polar surface area (TPSA) is 64.1 Å². The van der Waals surface area contributed by atoms with E-state index in [2.05, 4.69) is 16.7 Å². The first-order valence-electron chi connectivity index (χ1n) is 10.9. The summed E-state index contributed by atoms with van der Waals surface area (Å²) in [5.74, 6) is 0.368. The smallest absolute Gasteiger partial charge is 0.317 e. The minimum absolute atomic E-state index is 0. The SMILES string of the molecule is CC1CCC(N(C(=O)CN2CCCC(N(C)CC(=O)O)CC2)C2CC2)CC1.Cl. The number of amides is 1. The molecule has 7 heteroatoms. The van der Waals surface area contributed by atoms with Gasteiger partial charge < -0.3 is 10.0 Å². The largest absolute Gasteiger partial charge is 0.480 e. The Morgan fingerprint density at radius 1 is 0.929 bits per heavy atom. The standard InChI is InChI=1S/C21H37N3O3.ClH/c1-16-5-7-18(8-6-16)24(19-9-10-19)20(25)14-23-12-3-4-17(11-13-23)22(2)15-21(26)27;/h16-19H,3-15H2,1-2H3,(H,26,27);1H. The van der Waals surface area contributed by atoms with Crippen LogP contribution >= 0.6 is 12.4 Å². The summed E-state index contributed by atoms with van der Waals surface area (Å²) in [6.07, 6.45) is 10.2. The van der Waals surface area contributed by atoms with Crippen molar-refractivity contribution in [2.24, 2.45) is 5.92 Å². The lowest BCUT2D eigenvalue weighted by atomic mass is 9.86. The van der Waals surface area contributed by atoms with Crippen LogP contribution in [-0.2, 0) is 9.59 Å². The third-order valence-electron chi connectivity index (χ3n) is 6.76. The van der Waals surface area contributed by atoms with Crippen molar-refractivity contribution in [1.29, 1.82) is 0 Å². The third kappa shape index (κ3) is 6.60. The molecular weight excluding hydrogens is 378 g/mol. The van der Waals surface area contributed by atoms with Crippen LogP contribution in [-0.4, -0.2) is 83.0 Å². The molecule has 28 heavy (non-hydrogen) atoms. The molecule has 1 amide bonds. The maximum Gasteiger partial charge on any atom is 0.317 e. The van der Waals surface area contributed by atoms with E-state index in [-0.39, 0.29) is 19.0 Å². The van der Waals surface area contributed by atoms with Gasteiger partial charge in [0.15, 0.2) is 0 Å². The normalized spacial score (nSPS) is 29.0. The molecule has 1 N–H and O–H groups in total. The molecule has 1 saturated heterocycles. The van der Waals surface area contributed by atoms with Crippen LogP contribution in [0.2, 0.25) is 0 Å². The molecule has 162 valence electrons. The second kappa shape index (κ2) is 10.8. The van der Waals surface area contributed by atoms with Crippen LogP contribution in [0.1, 0.15) is 64.7 Å². The van der Waals surface area contributed by atoms with E-state index in [1.165, 1.54) is 38.5 Å². The molecule has 0 aromatic rings. The fraction of sp³-hybridized carbons (Fsp3) is 0.905. The number of rotatable bonds is 7. The Kier molecular flexibility index (Phi) is 9.03. The fourth-order valence-corrected chi connectivity index (χ4v) is 4.93. The van der Waals surface area contributed by atoms with Gasteiger partial charge in [-0.3, -0.25) is 19.4 Å². The molecule has 3 rings (SSSR count). The Balaban J connectivity index is 0.00000280. The van der Waals surface area contributed by atoms with Crippen LogP contribution in [0, 0.1) is 5.92 Å². The molecule has 0 aromatic heterocycles. The highest BCUT2D eigenvalue weighted by Gasteiger charge is 2.38. The van der Waals surface area contributed by atoms with Crippen LogP contribution in [0.25, 0.3) is 0 Å². The van der Waals surface area contributed by atoms with Gasteiger partial charge >= 0.3 is 5.97 Å². The van der Waals surface area contributed by atoms with Crippen molar-refractivity contribution in [3.05, 3.63) is 0 Å². The van der Waals surface area contributed by atoms with Gasteiger partial charge in [0.25, 0.3) is 0 Å². The van der Waals surface area contributed by atoms with E-state index in [0.29, 0.717) is 30.6 Å². The number of likely N-dealkylation sites (N-methyl/N-ethyl adjacent to an activating group) is 1. The molecule has 6 nitrogen and oxygen atoms in total. The van der Waals surface area contributed by atoms with Crippen molar-refractivity contribution in [2.45, 2.75) is 82.8 Å². The van der Waals surface area contributed by atoms with Gasteiger partial charge in [0, 0.05) is 24.7 Å². The maximum atomic E-state index is 13.1. The minimum Gasteiger partial charge on any atom is -0.480 e. The average molecular weight is 416 g/mol. The summed E-state index contributed by atoms with van der Waals surface area (Å²) in [5, 5.41) is 9.01. The number of carboxylic acid groups (broad SMARTS) is 1. The summed E-state index contributed by atoms with van der Waals surface area (Å²) in [7, 11) is 1.90. The van der Waals surface area contributed by atoms with Crippen molar-refractivity contribution < 1.29 is 14.7 Å². The summed E-state index contributed by atoms with van der Waals surface area (Å²) in [6.45, 7) is 4.80. The Morgan fingerprint density at radius 2 is 1.54 bits per heavy atom. The van der Waals surface area contributed by atoms with Gasteiger partial charge in [-0.25, -0.2) is 0 Å². The van der Waals surface area contributed by atoms with Crippen molar-refractivity contribution in [2.75, 3.05) is 33.2 Å². The second-order valence-corrected chi connectivity index (χ2v) is 9.12. The van der Waals surface area contributed by atoms with Crippen LogP contribution in [0.15, 0.2) is 0 Å². The number of halogens is 1. The van der Waals surface area contributed by atoms with Crippen LogP contribution in [0.3, 0.4) is 0 Å². The summed E-state index contributed by atoms with van der Waals surface area (Å²) in [4.78, 5) is 30.6. The molecule has 3 aliphatic rings. The molecule has 1 heterocycles. The van der Waals surface area contributed by atoms with Gasteiger partial charge in [-0.05, 0) is 77.3 Å². The first kappa shape index (κ1) is 23.4. The van der Waals surface area contributed by atoms with Crippen molar-refractivity contribution in [1.82, 2.24) is 14.7 Å². The van der Waals surface area contributed by atoms with E-state index in [1.54, 1.807) is 0 Å². The third-order valence-corrected chi connectivity index (χ3v) is 6.76. The Labute approximate surface area is 176 Å². The van der Waals surface area contributed by atoms with E-state index in [0.717, 1.165) is 38.3 Å². The number of hydrogen-bond donors (Lipinski definition) is 1. The van der Waals surface area contributed by atoms with E-state index in [9.17, 15) is 9.59 Å². The lowest BCUT2D eigenvalue weighted by Crippen LogP contribution is -2.48. The average Bonchev–Trinajstić information content (AvgIpc) is 3.44. The highest BCUT2D eigenvalue weighted by molar-refractivity contribution is 5.85. The Hall–Kier alpha value is -0.850. The number of carboxylic acids is 1. The van der Waals surface area contributed by atoms with E-state index in [1.807, 2.05) is 11.9 Å². The van der Waals surface area contributed by atoms with Gasteiger partial charge in [0.05, 0.1) is 13.1 Å². The Morgan fingerprint density at radius 3 is 2.11 bits per heavy atom. The van der Waals surface area contributed by atoms with E-state index < -0.39 is 5.97 Å². The molecule has 1 aliphatic heterocycles. The molecule has 0 aromatic carbocycles. The van der Waals surface area contributed by atoms with E-state index in [4.69, 9.17) is 5.11 Å². The van der Waals surface area contributed by atoms with Crippen molar-refractivity contribution in [3.8, 4) is 0 Å². The lowest BCUT2D eigenvalue weighted by molar-refractivity contribution is -0.138. The molecule has 2 saturated carbocycles. The zero-order chi connectivity index (χ0) is 19.4. The van der Waals surface area contributed by atoms with Crippen molar-refractivity contribution >= 4 is 24.3 Å². The predicted octanol–water partition coefficient (Wildman–Crippen LogP) is 2.85. The fourth-order valence-electron chi connectivity index (χ4n) is 4.93. The number of nitrogens with zero attached hydrogens (tertiary/aromatic N) is 3. The number of aliphatic carboxylic acids is 1. The number of carbonyl (C=O) groups excluding carboxylic acids is 1.